The molecule has 0 aliphatic carbocycles. The van der Waals surface area contributed by atoms with E-state index in [9.17, 15) is 4.79 Å². The highest BCUT2D eigenvalue weighted by atomic mass is 35.5. The second-order valence-electron chi connectivity index (χ2n) is 3.85. The first-order valence-corrected chi connectivity index (χ1v) is 6.43. The number of carbonyl (C=O) groups excluding carboxylic acids is 1. The third-order valence-corrected chi connectivity index (χ3v) is 3.26. The average molecular weight is 278 g/mol. The molecule has 0 spiro atoms. The minimum atomic E-state index is 0. The van der Waals surface area contributed by atoms with E-state index in [0.29, 0.717) is 18.8 Å². The van der Waals surface area contributed by atoms with E-state index in [0.717, 1.165) is 11.4 Å². The Morgan fingerprint density at radius 1 is 1.59 bits per heavy atom. The quantitative estimate of drug-likeness (QED) is 0.895. The summed E-state index contributed by atoms with van der Waals surface area (Å²) in [7, 11) is 0. The fourth-order valence-corrected chi connectivity index (χ4v) is 2.33. The van der Waals surface area contributed by atoms with E-state index in [2.05, 4.69) is 4.98 Å². The fourth-order valence-electron chi connectivity index (χ4n) is 1.54. The highest BCUT2D eigenvalue weighted by Gasteiger charge is 2.19. The summed E-state index contributed by atoms with van der Waals surface area (Å²) in [5, 5.41) is 2.75. The van der Waals surface area contributed by atoms with Gasteiger partial charge in [0, 0.05) is 24.4 Å². The molecule has 0 saturated carbocycles. The Hall–Kier alpha value is -0.650. The smallest absolute Gasteiger partial charge is 0.273 e. The van der Waals surface area contributed by atoms with Gasteiger partial charge in [-0.2, -0.15) is 0 Å². The van der Waals surface area contributed by atoms with Crippen LogP contribution in [0.4, 0.5) is 0 Å². The molecular weight excluding hydrogens is 258 g/mol. The number of aromatic nitrogens is 1. The second-order valence-corrected chi connectivity index (χ2v) is 4.79. The van der Waals surface area contributed by atoms with Gasteiger partial charge in [-0.25, -0.2) is 4.98 Å². The number of nitrogens with zero attached hydrogens (tertiary/aromatic N) is 2. The van der Waals surface area contributed by atoms with Crippen LogP contribution in [-0.2, 0) is 6.42 Å². The number of thiazole rings is 1. The Kier molecular flexibility index (Phi) is 7.34. The van der Waals surface area contributed by atoms with Crippen molar-refractivity contribution < 1.29 is 4.79 Å². The lowest BCUT2D eigenvalue weighted by molar-refractivity contribution is 0.0711. The van der Waals surface area contributed by atoms with E-state index in [1.54, 1.807) is 4.90 Å². The van der Waals surface area contributed by atoms with Crippen molar-refractivity contribution in [3.05, 3.63) is 16.1 Å². The van der Waals surface area contributed by atoms with Crippen molar-refractivity contribution in [2.45, 2.75) is 33.2 Å². The third-order valence-electron chi connectivity index (χ3n) is 2.35. The monoisotopic (exact) mass is 277 g/mol. The van der Waals surface area contributed by atoms with Crippen LogP contribution in [0, 0.1) is 0 Å². The maximum absolute atomic E-state index is 12.1. The standard InChI is InChI=1S/C11H19N3OS.ClH/c1-4-14(8(2)3)11(15)9-7-16-10(13-9)5-6-12;/h7-8H,4-6,12H2,1-3H3;1H. The molecule has 0 bridgehead atoms. The minimum Gasteiger partial charge on any atom is -0.335 e. The van der Waals surface area contributed by atoms with Crippen LogP contribution in [0.2, 0.25) is 0 Å². The Morgan fingerprint density at radius 3 is 2.71 bits per heavy atom. The molecular formula is C11H20ClN3OS. The molecule has 1 amide bonds. The summed E-state index contributed by atoms with van der Waals surface area (Å²) in [6.07, 6.45) is 0.742. The van der Waals surface area contributed by atoms with Crippen molar-refractivity contribution in [1.29, 1.82) is 0 Å². The predicted molar refractivity (Wildman–Crippen MR) is 74.0 cm³/mol. The van der Waals surface area contributed by atoms with E-state index in [-0.39, 0.29) is 24.4 Å². The Morgan fingerprint density at radius 2 is 2.24 bits per heavy atom. The van der Waals surface area contributed by atoms with Crippen molar-refractivity contribution in [3.8, 4) is 0 Å². The van der Waals surface area contributed by atoms with Crippen molar-refractivity contribution in [2.24, 2.45) is 5.73 Å². The van der Waals surface area contributed by atoms with Crippen LogP contribution in [0.15, 0.2) is 5.38 Å². The summed E-state index contributed by atoms with van der Waals surface area (Å²) >= 11 is 1.50. The Balaban J connectivity index is 0.00000256. The van der Waals surface area contributed by atoms with Crippen molar-refractivity contribution in [3.63, 3.8) is 0 Å². The molecule has 1 aromatic rings. The zero-order valence-corrected chi connectivity index (χ0v) is 12.1. The summed E-state index contributed by atoms with van der Waals surface area (Å²) < 4.78 is 0. The van der Waals surface area contributed by atoms with Gasteiger partial charge in [0.05, 0.1) is 5.01 Å². The molecule has 4 nitrogen and oxygen atoms in total. The molecule has 1 aromatic heterocycles. The van der Waals surface area contributed by atoms with Gasteiger partial charge in [0.15, 0.2) is 0 Å². The van der Waals surface area contributed by atoms with Crippen molar-refractivity contribution >= 4 is 29.7 Å². The lowest BCUT2D eigenvalue weighted by atomic mass is 10.3. The number of rotatable bonds is 5. The van der Waals surface area contributed by atoms with Gasteiger partial charge in [0.1, 0.15) is 5.69 Å². The second kappa shape index (κ2) is 7.63. The molecule has 2 N–H and O–H groups in total. The number of hydrogen-bond donors (Lipinski definition) is 1. The van der Waals surface area contributed by atoms with Crippen LogP contribution in [0.3, 0.4) is 0 Å². The van der Waals surface area contributed by atoms with E-state index in [1.165, 1.54) is 11.3 Å². The van der Waals surface area contributed by atoms with Crippen LogP contribution < -0.4 is 5.73 Å². The Bertz CT molecular complexity index is 354. The predicted octanol–water partition coefficient (Wildman–Crippen LogP) is 1.94. The van der Waals surface area contributed by atoms with Crippen LogP contribution >= 0.6 is 23.7 Å². The SMILES string of the molecule is CCN(C(=O)c1csc(CCN)n1)C(C)C.Cl. The molecule has 0 radical (unpaired) electrons. The van der Waals surface area contributed by atoms with Gasteiger partial charge in [-0.05, 0) is 27.3 Å². The third kappa shape index (κ3) is 4.26. The number of hydrogen-bond acceptors (Lipinski definition) is 4. The fraction of sp³-hybridized carbons (Fsp3) is 0.636. The summed E-state index contributed by atoms with van der Waals surface area (Å²) in [5.74, 6) is 0.0111. The van der Waals surface area contributed by atoms with Crippen molar-refractivity contribution in [2.75, 3.05) is 13.1 Å². The highest BCUT2D eigenvalue weighted by molar-refractivity contribution is 7.09. The molecule has 98 valence electrons. The lowest BCUT2D eigenvalue weighted by Crippen LogP contribution is -2.36. The van der Waals surface area contributed by atoms with Gasteiger partial charge >= 0.3 is 0 Å². The van der Waals surface area contributed by atoms with E-state index >= 15 is 0 Å². The highest BCUT2D eigenvalue weighted by Crippen LogP contribution is 2.13. The molecule has 0 fully saturated rings. The first kappa shape index (κ1) is 16.4. The minimum absolute atomic E-state index is 0. The molecule has 17 heavy (non-hydrogen) atoms. The maximum atomic E-state index is 12.1. The molecule has 0 aliphatic heterocycles. The number of amides is 1. The van der Waals surface area contributed by atoms with Crippen LogP contribution in [0.5, 0.6) is 0 Å². The molecule has 0 saturated heterocycles. The van der Waals surface area contributed by atoms with Gasteiger partial charge in [0.25, 0.3) is 5.91 Å². The topological polar surface area (TPSA) is 59.2 Å². The molecule has 1 heterocycles. The van der Waals surface area contributed by atoms with Crippen LogP contribution in [0.25, 0.3) is 0 Å². The molecule has 1 rings (SSSR count). The molecule has 0 atom stereocenters. The summed E-state index contributed by atoms with van der Waals surface area (Å²) in [4.78, 5) is 18.2. The average Bonchev–Trinajstić information content (AvgIpc) is 2.67. The van der Waals surface area contributed by atoms with E-state index < -0.39 is 0 Å². The van der Waals surface area contributed by atoms with Gasteiger partial charge in [-0.1, -0.05) is 0 Å². The summed E-state index contributed by atoms with van der Waals surface area (Å²) in [6.45, 7) is 7.28. The zero-order chi connectivity index (χ0) is 12.1. The van der Waals surface area contributed by atoms with Crippen molar-refractivity contribution in [1.82, 2.24) is 9.88 Å². The zero-order valence-electron chi connectivity index (χ0n) is 10.5. The molecule has 6 heteroatoms. The number of nitrogens with two attached hydrogens (primary N) is 1. The van der Waals surface area contributed by atoms with Gasteiger partial charge in [-0.15, -0.1) is 23.7 Å². The van der Waals surface area contributed by atoms with Gasteiger partial charge < -0.3 is 10.6 Å². The van der Waals surface area contributed by atoms with E-state index in [4.69, 9.17) is 5.73 Å². The first-order chi connectivity index (χ1) is 7.60. The lowest BCUT2D eigenvalue weighted by Gasteiger charge is -2.24. The molecule has 0 aliphatic rings. The van der Waals surface area contributed by atoms with E-state index in [1.807, 2.05) is 26.2 Å². The number of halogens is 1. The molecule has 0 unspecified atom stereocenters. The van der Waals surface area contributed by atoms with Gasteiger partial charge in [0.2, 0.25) is 0 Å². The Labute approximate surface area is 113 Å². The van der Waals surface area contributed by atoms with Gasteiger partial charge in [-0.3, -0.25) is 4.79 Å². The summed E-state index contributed by atoms with van der Waals surface area (Å²) in [5.41, 5.74) is 6.00. The maximum Gasteiger partial charge on any atom is 0.273 e. The largest absolute Gasteiger partial charge is 0.335 e. The van der Waals surface area contributed by atoms with Crippen LogP contribution in [0.1, 0.15) is 36.3 Å². The molecule has 0 aromatic carbocycles. The number of carbonyl (C=O) groups is 1. The summed E-state index contributed by atoms with van der Waals surface area (Å²) in [6, 6.07) is 0.206. The normalized spacial score (nSPS) is 10.2. The first-order valence-electron chi connectivity index (χ1n) is 5.55. The van der Waals surface area contributed by atoms with Crippen LogP contribution in [-0.4, -0.2) is 34.9 Å².